The summed E-state index contributed by atoms with van der Waals surface area (Å²) in [6.07, 6.45) is 3.87. The number of benzene rings is 1. The second-order valence-corrected chi connectivity index (χ2v) is 5.34. The number of halogens is 1. The second-order valence-electron chi connectivity index (χ2n) is 5.34. The van der Waals surface area contributed by atoms with Crippen LogP contribution in [0.5, 0.6) is 0 Å². The first-order chi connectivity index (χ1) is 11.6. The van der Waals surface area contributed by atoms with E-state index >= 15 is 0 Å². The van der Waals surface area contributed by atoms with Gasteiger partial charge in [0.15, 0.2) is 5.76 Å². The van der Waals surface area contributed by atoms with Gasteiger partial charge in [-0.1, -0.05) is 17.3 Å². The molecule has 0 spiro atoms. The number of hydrogen-bond acceptors (Lipinski definition) is 4. The van der Waals surface area contributed by atoms with E-state index in [1.807, 2.05) is 0 Å². The molecule has 5 nitrogen and oxygen atoms in total. The Bertz CT molecular complexity index is 829. The lowest BCUT2D eigenvalue weighted by atomic mass is 10.1. The molecule has 6 heteroatoms. The van der Waals surface area contributed by atoms with Crippen molar-refractivity contribution in [3.8, 4) is 11.3 Å². The number of nitrogens with one attached hydrogen (secondary N) is 1. The smallest absolute Gasteiger partial charge is 0.257 e. The van der Waals surface area contributed by atoms with Gasteiger partial charge in [0.25, 0.3) is 5.91 Å². The van der Waals surface area contributed by atoms with E-state index < -0.39 is 0 Å². The minimum absolute atomic E-state index is 0.248. The summed E-state index contributed by atoms with van der Waals surface area (Å²) < 4.78 is 18.2. The van der Waals surface area contributed by atoms with Crippen molar-refractivity contribution >= 4 is 5.91 Å². The van der Waals surface area contributed by atoms with Crippen molar-refractivity contribution in [3.05, 3.63) is 71.4 Å². The molecular formula is C18H16FN3O2. The van der Waals surface area contributed by atoms with Gasteiger partial charge in [-0.15, -0.1) is 0 Å². The lowest BCUT2D eigenvalue weighted by Gasteiger charge is -2.06. The van der Waals surface area contributed by atoms with E-state index in [2.05, 4.69) is 15.5 Å². The van der Waals surface area contributed by atoms with Crippen LogP contribution in [0.4, 0.5) is 4.39 Å². The van der Waals surface area contributed by atoms with E-state index in [1.54, 1.807) is 43.6 Å². The van der Waals surface area contributed by atoms with Gasteiger partial charge in [-0.05, 0) is 43.2 Å². The fourth-order valence-corrected chi connectivity index (χ4v) is 2.40. The van der Waals surface area contributed by atoms with Gasteiger partial charge in [0, 0.05) is 24.5 Å². The van der Waals surface area contributed by atoms with Gasteiger partial charge in [-0.2, -0.15) is 0 Å². The molecule has 0 unspecified atom stereocenters. The fourth-order valence-electron chi connectivity index (χ4n) is 2.40. The SMILES string of the molecule is Cc1noc(-c2ccncc2)c1C(=O)NCCc1ccc(F)cc1. The van der Waals surface area contributed by atoms with Crippen LogP contribution in [0.3, 0.4) is 0 Å². The highest BCUT2D eigenvalue weighted by Crippen LogP contribution is 2.25. The second kappa shape index (κ2) is 7.04. The van der Waals surface area contributed by atoms with Crippen molar-refractivity contribution in [3.63, 3.8) is 0 Å². The minimum Gasteiger partial charge on any atom is -0.355 e. The molecule has 1 N–H and O–H groups in total. The summed E-state index contributed by atoms with van der Waals surface area (Å²) in [6, 6.07) is 9.74. The Balaban J connectivity index is 1.69. The molecule has 0 aliphatic carbocycles. The molecule has 3 aromatic rings. The molecule has 122 valence electrons. The highest BCUT2D eigenvalue weighted by Gasteiger charge is 2.21. The van der Waals surface area contributed by atoms with Crippen LogP contribution in [0, 0.1) is 12.7 Å². The van der Waals surface area contributed by atoms with Crippen molar-refractivity contribution in [2.45, 2.75) is 13.3 Å². The Morgan fingerprint density at radius 3 is 2.58 bits per heavy atom. The van der Waals surface area contributed by atoms with Gasteiger partial charge in [0.05, 0.1) is 5.69 Å². The number of aryl methyl sites for hydroxylation is 1. The van der Waals surface area contributed by atoms with Crippen molar-refractivity contribution in [2.24, 2.45) is 0 Å². The zero-order valence-corrected chi connectivity index (χ0v) is 13.1. The summed E-state index contributed by atoms with van der Waals surface area (Å²) in [6.45, 7) is 2.16. The van der Waals surface area contributed by atoms with Gasteiger partial charge in [-0.25, -0.2) is 4.39 Å². The minimum atomic E-state index is -0.273. The molecule has 0 radical (unpaired) electrons. The lowest BCUT2D eigenvalue weighted by molar-refractivity contribution is 0.0954. The fraction of sp³-hybridized carbons (Fsp3) is 0.167. The third-order valence-electron chi connectivity index (χ3n) is 3.64. The summed E-state index contributed by atoms with van der Waals surface area (Å²) in [7, 11) is 0. The van der Waals surface area contributed by atoms with Gasteiger partial charge >= 0.3 is 0 Å². The molecule has 0 atom stereocenters. The standard InChI is InChI=1S/C18H16FN3O2/c1-12-16(17(24-22-12)14-7-9-20-10-8-14)18(23)21-11-6-13-2-4-15(19)5-3-13/h2-5,7-10H,6,11H2,1H3,(H,21,23). The van der Waals surface area contributed by atoms with Crippen LogP contribution in [-0.2, 0) is 6.42 Å². The van der Waals surface area contributed by atoms with E-state index in [9.17, 15) is 9.18 Å². The number of carbonyl (C=O) groups excluding carboxylic acids is 1. The lowest BCUT2D eigenvalue weighted by Crippen LogP contribution is -2.26. The van der Waals surface area contributed by atoms with Crippen molar-refractivity contribution in [2.75, 3.05) is 6.54 Å². The van der Waals surface area contributed by atoms with Crippen LogP contribution in [0.25, 0.3) is 11.3 Å². The quantitative estimate of drug-likeness (QED) is 0.782. The first-order valence-electron chi connectivity index (χ1n) is 7.54. The number of carbonyl (C=O) groups is 1. The molecule has 1 amide bonds. The highest BCUT2D eigenvalue weighted by molar-refractivity contribution is 6.00. The average molecular weight is 325 g/mol. The van der Waals surface area contributed by atoms with Crippen molar-refractivity contribution in [1.29, 1.82) is 0 Å². The Morgan fingerprint density at radius 2 is 1.88 bits per heavy atom. The van der Waals surface area contributed by atoms with E-state index in [4.69, 9.17) is 4.52 Å². The highest BCUT2D eigenvalue weighted by atomic mass is 19.1. The number of nitrogens with zero attached hydrogens (tertiary/aromatic N) is 2. The molecule has 24 heavy (non-hydrogen) atoms. The predicted octanol–water partition coefficient (Wildman–Crippen LogP) is 3.16. The monoisotopic (exact) mass is 325 g/mol. The number of rotatable bonds is 5. The Kier molecular flexibility index (Phi) is 4.65. The largest absolute Gasteiger partial charge is 0.355 e. The number of aromatic nitrogens is 2. The summed E-state index contributed by atoms with van der Waals surface area (Å²) in [5.41, 5.74) is 2.64. The molecule has 0 bridgehead atoms. The Hall–Kier alpha value is -3.02. The molecule has 3 rings (SSSR count). The van der Waals surface area contributed by atoms with E-state index in [1.165, 1.54) is 12.1 Å². The molecule has 0 aliphatic heterocycles. The molecule has 2 heterocycles. The number of pyridine rings is 1. The maximum absolute atomic E-state index is 12.9. The Labute approximate surface area is 138 Å². The molecule has 0 fully saturated rings. The van der Waals surface area contributed by atoms with Gasteiger partial charge in [-0.3, -0.25) is 9.78 Å². The van der Waals surface area contributed by atoms with Crippen LogP contribution in [0.15, 0.2) is 53.3 Å². The average Bonchev–Trinajstić information content (AvgIpc) is 2.99. The maximum atomic E-state index is 12.9. The van der Waals surface area contributed by atoms with Crippen LogP contribution in [0.2, 0.25) is 0 Å². The van der Waals surface area contributed by atoms with E-state index in [0.29, 0.717) is 30.0 Å². The van der Waals surface area contributed by atoms with Gasteiger partial charge < -0.3 is 9.84 Å². The number of amides is 1. The van der Waals surface area contributed by atoms with E-state index in [0.717, 1.165) is 11.1 Å². The molecule has 0 saturated carbocycles. The normalized spacial score (nSPS) is 10.6. The first kappa shape index (κ1) is 15.9. The maximum Gasteiger partial charge on any atom is 0.257 e. The third kappa shape index (κ3) is 3.48. The summed E-state index contributed by atoms with van der Waals surface area (Å²) in [5, 5.41) is 6.74. The summed E-state index contributed by atoms with van der Waals surface area (Å²) in [5.74, 6) is -0.0956. The van der Waals surface area contributed by atoms with Crippen molar-refractivity contribution in [1.82, 2.24) is 15.5 Å². The van der Waals surface area contributed by atoms with Gasteiger partial charge in [0.1, 0.15) is 11.4 Å². The summed E-state index contributed by atoms with van der Waals surface area (Å²) >= 11 is 0. The predicted molar refractivity (Wildman–Crippen MR) is 86.9 cm³/mol. The molecule has 1 aromatic carbocycles. The molecular weight excluding hydrogens is 309 g/mol. The zero-order valence-electron chi connectivity index (χ0n) is 13.1. The topological polar surface area (TPSA) is 68.0 Å². The Morgan fingerprint density at radius 1 is 1.17 bits per heavy atom. The number of hydrogen-bond donors (Lipinski definition) is 1. The molecule has 0 saturated heterocycles. The zero-order chi connectivity index (χ0) is 16.9. The van der Waals surface area contributed by atoms with Crippen LogP contribution >= 0.6 is 0 Å². The van der Waals surface area contributed by atoms with Gasteiger partial charge in [0.2, 0.25) is 0 Å². The third-order valence-corrected chi connectivity index (χ3v) is 3.64. The van der Waals surface area contributed by atoms with Crippen LogP contribution in [-0.4, -0.2) is 22.6 Å². The summed E-state index contributed by atoms with van der Waals surface area (Å²) in [4.78, 5) is 16.4. The van der Waals surface area contributed by atoms with Crippen LogP contribution < -0.4 is 5.32 Å². The first-order valence-corrected chi connectivity index (χ1v) is 7.54. The van der Waals surface area contributed by atoms with Crippen molar-refractivity contribution < 1.29 is 13.7 Å². The van der Waals surface area contributed by atoms with Crippen LogP contribution in [0.1, 0.15) is 21.6 Å². The van der Waals surface area contributed by atoms with E-state index in [-0.39, 0.29) is 11.7 Å². The molecule has 0 aliphatic rings. The molecule has 2 aromatic heterocycles.